The normalized spacial score (nSPS) is 19.9. The van der Waals surface area contributed by atoms with Crippen LogP contribution in [-0.4, -0.2) is 0 Å². The van der Waals surface area contributed by atoms with E-state index >= 15 is 0 Å². The van der Waals surface area contributed by atoms with E-state index in [1.807, 2.05) is 0 Å². The minimum Gasteiger partial charge on any atom is -0.0622 e. The molecule has 0 aromatic heterocycles. The summed E-state index contributed by atoms with van der Waals surface area (Å²) in [4.78, 5) is 0. The minimum atomic E-state index is 0.299. The number of rotatable bonds is 3. The van der Waals surface area contributed by atoms with Gasteiger partial charge in [-0.1, -0.05) is 83.1 Å². The van der Waals surface area contributed by atoms with Gasteiger partial charge in [-0.3, -0.25) is 0 Å². The predicted molar refractivity (Wildman–Crippen MR) is 100 cm³/mol. The fraction of sp³-hybridized carbons (Fsp3) is 0.478. The number of benzene rings is 2. The molecule has 1 atom stereocenters. The van der Waals surface area contributed by atoms with Gasteiger partial charge in [0.1, 0.15) is 0 Å². The third kappa shape index (κ3) is 3.22. The SMILES string of the molecule is CC(Cc1ccccc1)c1ccc2c(c1)C(C)(C)CCC2(C)C. The van der Waals surface area contributed by atoms with Crippen molar-refractivity contribution in [2.24, 2.45) is 0 Å². The maximum absolute atomic E-state index is 2.50. The van der Waals surface area contributed by atoms with E-state index in [1.165, 1.54) is 24.0 Å². The van der Waals surface area contributed by atoms with Crippen LogP contribution in [0.15, 0.2) is 48.5 Å². The van der Waals surface area contributed by atoms with E-state index in [4.69, 9.17) is 0 Å². The van der Waals surface area contributed by atoms with Gasteiger partial charge in [-0.25, -0.2) is 0 Å². The molecule has 23 heavy (non-hydrogen) atoms. The highest BCUT2D eigenvalue weighted by Gasteiger charge is 2.37. The lowest BCUT2D eigenvalue weighted by molar-refractivity contribution is 0.331. The fourth-order valence-electron chi connectivity index (χ4n) is 4.00. The molecule has 1 aliphatic carbocycles. The van der Waals surface area contributed by atoms with E-state index in [9.17, 15) is 0 Å². The number of fused-ring (bicyclic) bond motifs is 1. The molecule has 0 N–H and O–H groups in total. The van der Waals surface area contributed by atoms with Crippen LogP contribution in [-0.2, 0) is 17.3 Å². The van der Waals surface area contributed by atoms with Crippen molar-refractivity contribution in [3.8, 4) is 0 Å². The molecule has 0 heterocycles. The number of hydrogen-bond donors (Lipinski definition) is 0. The summed E-state index contributed by atoms with van der Waals surface area (Å²) in [5.41, 5.74) is 6.66. The van der Waals surface area contributed by atoms with E-state index in [1.54, 1.807) is 11.1 Å². The van der Waals surface area contributed by atoms with Crippen molar-refractivity contribution in [2.45, 2.75) is 70.6 Å². The molecular weight excluding hydrogens is 276 g/mol. The van der Waals surface area contributed by atoms with Crippen molar-refractivity contribution in [1.29, 1.82) is 0 Å². The lowest BCUT2D eigenvalue weighted by atomic mass is 9.62. The average molecular weight is 306 g/mol. The number of hydrogen-bond acceptors (Lipinski definition) is 0. The molecule has 0 heteroatoms. The van der Waals surface area contributed by atoms with Crippen LogP contribution in [0.5, 0.6) is 0 Å². The third-order valence-corrected chi connectivity index (χ3v) is 5.83. The molecule has 1 aliphatic rings. The largest absolute Gasteiger partial charge is 0.0622 e. The summed E-state index contributed by atoms with van der Waals surface area (Å²) in [5.74, 6) is 0.559. The first-order valence-corrected chi connectivity index (χ1v) is 8.98. The molecule has 0 aliphatic heterocycles. The van der Waals surface area contributed by atoms with Gasteiger partial charge in [0.2, 0.25) is 0 Å². The zero-order chi connectivity index (χ0) is 16.7. The van der Waals surface area contributed by atoms with Crippen LogP contribution in [0.25, 0.3) is 0 Å². The smallest absolute Gasteiger partial charge is 0.0100 e. The lowest BCUT2D eigenvalue weighted by Crippen LogP contribution is -2.34. The standard InChI is InChI=1S/C23H30/c1-17(15-18-9-7-6-8-10-18)19-11-12-20-21(16-19)23(4,5)14-13-22(20,2)3/h6-12,16-17H,13-15H2,1-5H3. The van der Waals surface area contributed by atoms with Crippen LogP contribution in [0.3, 0.4) is 0 Å². The van der Waals surface area contributed by atoms with E-state index in [2.05, 4.69) is 83.1 Å². The van der Waals surface area contributed by atoms with Crippen molar-refractivity contribution < 1.29 is 0 Å². The molecule has 2 aromatic rings. The van der Waals surface area contributed by atoms with Gasteiger partial charge in [0.15, 0.2) is 0 Å². The average Bonchev–Trinajstić information content (AvgIpc) is 2.52. The predicted octanol–water partition coefficient (Wildman–Crippen LogP) is 6.38. The van der Waals surface area contributed by atoms with Crippen LogP contribution in [0.1, 0.15) is 75.6 Å². The third-order valence-electron chi connectivity index (χ3n) is 5.83. The molecule has 0 saturated heterocycles. The Morgan fingerprint density at radius 3 is 2.09 bits per heavy atom. The second kappa shape index (κ2) is 5.82. The first-order valence-electron chi connectivity index (χ1n) is 8.98. The summed E-state index contributed by atoms with van der Waals surface area (Å²) in [6, 6.07) is 18.1. The van der Waals surface area contributed by atoms with Gasteiger partial charge in [-0.15, -0.1) is 0 Å². The van der Waals surface area contributed by atoms with Gasteiger partial charge >= 0.3 is 0 Å². The highest BCUT2D eigenvalue weighted by atomic mass is 14.4. The molecule has 0 amide bonds. The second-order valence-corrected chi connectivity index (χ2v) is 8.66. The van der Waals surface area contributed by atoms with Gasteiger partial charge in [-0.2, -0.15) is 0 Å². The Bertz CT molecular complexity index is 676. The first kappa shape index (κ1) is 16.3. The zero-order valence-corrected chi connectivity index (χ0v) is 15.3. The molecule has 1 unspecified atom stereocenters. The van der Waals surface area contributed by atoms with Crippen LogP contribution in [0, 0.1) is 0 Å². The summed E-state index contributed by atoms with van der Waals surface area (Å²) in [5, 5.41) is 0. The maximum atomic E-state index is 2.50. The van der Waals surface area contributed by atoms with Crippen LogP contribution < -0.4 is 0 Å². The van der Waals surface area contributed by atoms with Gasteiger partial charge in [0.25, 0.3) is 0 Å². The van der Waals surface area contributed by atoms with Crippen molar-refractivity contribution in [3.63, 3.8) is 0 Å². The lowest BCUT2D eigenvalue weighted by Gasteiger charge is -2.42. The summed E-state index contributed by atoms with van der Waals surface area (Å²) >= 11 is 0. The van der Waals surface area contributed by atoms with Crippen molar-refractivity contribution in [2.75, 3.05) is 0 Å². The highest BCUT2D eigenvalue weighted by molar-refractivity contribution is 5.44. The van der Waals surface area contributed by atoms with Crippen molar-refractivity contribution in [1.82, 2.24) is 0 Å². The quantitative estimate of drug-likeness (QED) is 0.617. The van der Waals surface area contributed by atoms with E-state index in [0.29, 0.717) is 16.7 Å². The molecule has 0 fully saturated rings. The second-order valence-electron chi connectivity index (χ2n) is 8.66. The first-order chi connectivity index (χ1) is 10.8. The van der Waals surface area contributed by atoms with E-state index in [-0.39, 0.29) is 0 Å². The Hall–Kier alpha value is -1.56. The van der Waals surface area contributed by atoms with E-state index in [0.717, 1.165) is 6.42 Å². The van der Waals surface area contributed by atoms with Gasteiger partial charge < -0.3 is 0 Å². The van der Waals surface area contributed by atoms with Crippen molar-refractivity contribution >= 4 is 0 Å². The Kier molecular flexibility index (Phi) is 4.12. The molecule has 0 spiro atoms. The molecule has 2 aromatic carbocycles. The molecule has 0 radical (unpaired) electrons. The Morgan fingerprint density at radius 2 is 1.43 bits per heavy atom. The molecule has 0 nitrogen and oxygen atoms in total. The van der Waals surface area contributed by atoms with Crippen molar-refractivity contribution in [3.05, 3.63) is 70.8 Å². The monoisotopic (exact) mass is 306 g/mol. The van der Waals surface area contributed by atoms with Crippen LogP contribution in [0.4, 0.5) is 0 Å². The van der Waals surface area contributed by atoms with Gasteiger partial charge in [0.05, 0.1) is 0 Å². The zero-order valence-electron chi connectivity index (χ0n) is 15.3. The Labute approximate surface area is 141 Å². The maximum Gasteiger partial charge on any atom is -0.0100 e. The van der Waals surface area contributed by atoms with E-state index < -0.39 is 0 Å². The van der Waals surface area contributed by atoms with Crippen LogP contribution >= 0.6 is 0 Å². The molecule has 0 bridgehead atoms. The Balaban J connectivity index is 1.93. The van der Waals surface area contributed by atoms with Gasteiger partial charge in [0, 0.05) is 0 Å². The summed E-state index contributed by atoms with van der Waals surface area (Å²) in [7, 11) is 0. The Morgan fingerprint density at radius 1 is 0.826 bits per heavy atom. The van der Waals surface area contributed by atoms with Gasteiger partial charge in [-0.05, 0) is 58.3 Å². The molecule has 3 rings (SSSR count). The topological polar surface area (TPSA) is 0 Å². The summed E-state index contributed by atoms with van der Waals surface area (Å²) in [6.07, 6.45) is 3.68. The fourth-order valence-corrected chi connectivity index (χ4v) is 4.00. The molecule has 0 saturated carbocycles. The summed E-state index contributed by atoms with van der Waals surface area (Å²) < 4.78 is 0. The summed E-state index contributed by atoms with van der Waals surface area (Å²) in [6.45, 7) is 12.0. The van der Waals surface area contributed by atoms with Crippen LogP contribution in [0.2, 0.25) is 0 Å². The minimum absolute atomic E-state index is 0.299. The highest BCUT2D eigenvalue weighted by Crippen LogP contribution is 2.46. The molecular formula is C23H30. The molecule has 122 valence electrons.